The third-order valence-electron chi connectivity index (χ3n) is 1.91. The van der Waals surface area contributed by atoms with Crippen LogP contribution in [0.5, 0.6) is 0 Å². The molecule has 1 saturated heterocycles. The number of thioether (sulfide) groups is 1. The number of hydrogen-bond donors (Lipinski definition) is 0. The Hall–Kier alpha value is 0.0200. The fourth-order valence-corrected chi connectivity index (χ4v) is 2.25. The fraction of sp³-hybridized carbons (Fsp3) is 0.875. The minimum Gasteiger partial charge on any atom is -0.299 e. The Labute approximate surface area is 66.6 Å². The standard InChI is InChI=1S/C8H14OS/c1-8(2)6-10-5-3-4-7(8)9/h3-6H2,1-2H3. The molecule has 1 fully saturated rings. The molecule has 0 radical (unpaired) electrons. The van der Waals surface area contributed by atoms with Crippen LogP contribution in [0.2, 0.25) is 0 Å². The molecule has 1 aliphatic heterocycles. The highest BCUT2D eigenvalue weighted by Crippen LogP contribution is 2.28. The van der Waals surface area contributed by atoms with Gasteiger partial charge in [0.1, 0.15) is 5.78 Å². The molecule has 0 N–H and O–H groups in total. The van der Waals surface area contributed by atoms with Crippen molar-refractivity contribution >= 4 is 17.5 Å². The van der Waals surface area contributed by atoms with Crippen molar-refractivity contribution < 1.29 is 4.79 Å². The van der Waals surface area contributed by atoms with E-state index in [4.69, 9.17) is 0 Å². The largest absolute Gasteiger partial charge is 0.299 e. The van der Waals surface area contributed by atoms with Crippen molar-refractivity contribution in [2.45, 2.75) is 26.7 Å². The van der Waals surface area contributed by atoms with E-state index >= 15 is 0 Å². The highest BCUT2D eigenvalue weighted by atomic mass is 32.2. The average Bonchev–Trinajstić information content (AvgIpc) is 1.96. The fourth-order valence-electron chi connectivity index (χ4n) is 1.08. The zero-order chi connectivity index (χ0) is 7.61. The summed E-state index contributed by atoms with van der Waals surface area (Å²) in [4.78, 5) is 11.3. The molecule has 10 heavy (non-hydrogen) atoms. The van der Waals surface area contributed by atoms with E-state index < -0.39 is 0 Å². The molecule has 0 aliphatic carbocycles. The highest BCUT2D eigenvalue weighted by Gasteiger charge is 2.28. The van der Waals surface area contributed by atoms with Gasteiger partial charge in [0.2, 0.25) is 0 Å². The summed E-state index contributed by atoms with van der Waals surface area (Å²) in [6.07, 6.45) is 1.87. The first-order valence-corrected chi connectivity index (χ1v) is 4.89. The van der Waals surface area contributed by atoms with E-state index in [0.717, 1.165) is 24.3 Å². The molecule has 0 aromatic heterocycles. The molecule has 58 valence electrons. The van der Waals surface area contributed by atoms with Crippen LogP contribution in [-0.2, 0) is 4.79 Å². The molecule has 0 saturated carbocycles. The second kappa shape index (κ2) is 2.95. The van der Waals surface area contributed by atoms with Crippen molar-refractivity contribution in [2.75, 3.05) is 11.5 Å². The van der Waals surface area contributed by atoms with Crippen molar-refractivity contribution in [1.82, 2.24) is 0 Å². The van der Waals surface area contributed by atoms with Gasteiger partial charge in [-0.3, -0.25) is 4.79 Å². The lowest BCUT2D eigenvalue weighted by Crippen LogP contribution is -2.24. The Morgan fingerprint density at radius 3 is 2.90 bits per heavy atom. The van der Waals surface area contributed by atoms with Gasteiger partial charge in [0.05, 0.1) is 0 Å². The Morgan fingerprint density at radius 2 is 2.20 bits per heavy atom. The number of hydrogen-bond acceptors (Lipinski definition) is 2. The number of ketones is 1. The molecule has 2 heteroatoms. The van der Waals surface area contributed by atoms with E-state index in [2.05, 4.69) is 0 Å². The van der Waals surface area contributed by atoms with Gasteiger partial charge in [-0.1, -0.05) is 13.8 Å². The van der Waals surface area contributed by atoms with E-state index in [-0.39, 0.29) is 5.41 Å². The Balaban J connectivity index is 2.61. The van der Waals surface area contributed by atoms with Crippen LogP contribution in [-0.4, -0.2) is 17.3 Å². The number of Topliss-reactive ketones (excluding diaryl/α,β-unsaturated/α-hetero) is 1. The predicted molar refractivity (Wildman–Crippen MR) is 45.3 cm³/mol. The number of carbonyl (C=O) groups excluding carboxylic acids is 1. The van der Waals surface area contributed by atoms with Crippen LogP contribution in [0.25, 0.3) is 0 Å². The van der Waals surface area contributed by atoms with Gasteiger partial charge in [-0.05, 0) is 12.2 Å². The van der Waals surface area contributed by atoms with Crippen LogP contribution in [0.3, 0.4) is 0 Å². The summed E-state index contributed by atoms with van der Waals surface area (Å²) in [5.74, 6) is 2.61. The highest BCUT2D eigenvalue weighted by molar-refractivity contribution is 7.99. The van der Waals surface area contributed by atoms with E-state index in [1.807, 2.05) is 25.6 Å². The van der Waals surface area contributed by atoms with Crippen LogP contribution < -0.4 is 0 Å². The minimum absolute atomic E-state index is 0.0544. The molecule has 1 rings (SSSR count). The SMILES string of the molecule is CC1(C)CSCCCC1=O. The first-order valence-electron chi connectivity index (χ1n) is 3.74. The predicted octanol–water partition coefficient (Wildman–Crippen LogP) is 2.11. The third-order valence-corrected chi connectivity index (χ3v) is 3.41. The van der Waals surface area contributed by atoms with Crippen molar-refractivity contribution in [3.63, 3.8) is 0 Å². The van der Waals surface area contributed by atoms with E-state index in [0.29, 0.717) is 5.78 Å². The Kier molecular flexibility index (Phi) is 2.40. The van der Waals surface area contributed by atoms with Crippen LogP contribution in [0.15, 0.2) is 0 Å². The van der Waals surface area contributed by atoms with Crippen LogP contribution in [0.4, 0.5) is 0 Å². The molecule has 1 aliphatic rings. The van der Waals surface area contributed by atoms with Crippen molar-refractivity contribution in [2.24, 2.45) is 5.41 Å². The van der Waals surface area contributed by atoms with E-state index in [9.17, 15) is 4.79 Å². The lowest BCUT2D eigenvalue weighted by molar-refractivity contribution is -0.125. The molecule has 1 heterocycles. The zero-order valence-electron chi connectivity index (χ0n) is 6.64. The van der Waals surface area contributed by atoms with Gasteiger partial charge in [-0.15, -0.1) is 0 Å². The second-order valence-corrected chi connectivity index (χ2v) is 4.57. The van der Waals surface area contributed by atoms with Crippen LogP contribution >= 0.6 is 11.8 Å². The van der Waals surface area contributed by atoms with Gasteiger partial charge in [0.25, 0.3) is 0 Å². The molecular weight excluding hydrogens is 144 g/mol. The molecule has 0 atom stereocenters. The Morgan fingerprint density at radius 1 is 1.50 bits per heavy atom. The van der Waals surface area contributed by atoms with Crippen LogP contribution in [0, 0.1) is 5.41 Å². The number of carbonyl (C=O) groups is 1. The third kappa shape index (κ3) is 1.75. The lowest BCUT2D eigenvalue weighted by atomic mass is 9.88. The molecule has 0 amide bonds. The van der Waals surface area contributed by atoms with Gasteiger partial charge in [-0.2, -0.15) is 11.8 Å². The monoisotopic (exact) mass is 158 g/mol. The summed E-state index contributed by atoms with van der Waals surface area (Å²) >= 11 is 1.91. The van der Waals surface area contributed by atoms with Crippen LogP contribution in [0.1, 0.15) is 26.7 Å². The second-order valence-electron chi connectivity index (χ2n) is 3.46. The van der Waals surface area contributed by atoms with Crippen molar-refractivity contribution in [1.29, 1.82) is 0 Å². The van der Waals surface area contributed by atoms with E-state index in [1.165, 1.54) is 0 Å². The maximum atomic E-state index is 11.3. The summed E-state index contributed by atoms with van der Waals surface area (Å²) in [5, 5.41) is 0. The van der Waals surface area contributed by atoms with Gasteiger partial charge in [0.15, 0.2) is 0 Å². The molecule has 0 bridgehead atoms. The zero-order valence-corrected chi connectivity index (χ0v) is 7.46. The molecule has 0 aromatic rings. The molecule has 1 nitrogen and oxygen atoms in total. The summed E-state index contributed by atoms with van der Waals surface area (Å²) in [6.45, 7) is 4.10. The first kappa shape index (κ1) is 8.12. The molecule has 0 spiro atoms. The number of rotatable bonds is 0. The summed E-state index contributed by atoms with van der Waals surface area (Å²) in [6, 6.07) is 0. The van der Waals surface area contributed by atoms with Gasteiger partial charge in [-0.25, -0.2) is 0 Å². The summed E-state index contributed by atoms with van der Waals surface area (Å²) < 4.78 is 0. The molecule has 0 unspecified atom stereocenters. The van der Waals surface area contributed by atoms with Gasteiger partial charge >= 0.3 is 0 Å². The normalized spacial score (nSPS) is 26.0. The molecule has 0 aromatic carbocycles. The van der Waals surface area contributed by atoms with Crippen molar-refractivity contribution in [3.05, 3.63) is 0 Å². The van der Waals surface area contributed by atoms with E-state index in [1.54, 1.807) is 0 Å². The minimum atomic E-state index is -0.0544. The quantitative estimate of drug-likeness (QED) is 0.537. The average molecular weight is 158 g/mol. The lowest BCUT2D eigenvalue weighted by Gasteiger charge is -2.18. The maximum Gasteiger partial charge on any atom is 0.139 e. The smallest absolute Gasteiger partial charge is 0.139 e. The van der Waals surface area contributed by atoms with Crippen molar-refractivity contribution in [3.8, 4) is 0 Å². The Bertz CT molecular complexity index is 140. The first-order chi connectivity index (χ1) is 4.63. The summed E-state index contributed by atoms with van der Waals surface area (Å²) in [7, 11) is 0. The van der Waals surface area contributed by atoms with Gasteiger partial charge < -0.3 is 0 Å². The topological polar surface area (TPSA) is 17.1 Å². The maximum absolute atomic E-state index is 11.3. The summed E-state index contributed by atoms with van der Waals surface area (Å²) in [5.41, 5.74) is -0.0544. The molecular formula is C8H14OS. The van der Waals surface area contributed by atoms with Gasteiger partial charge in [0, 0.05) is 17.6 Å².